The largest absolute Gasteiger partial charge is 0.453 e. The van der Waals surface area contributed by atoms with Crippen LogP contribution >= 0.6 is 0 Å². The molecule has 0 aliphatic carbocycles. The Morgan fingerprint density at radius 2 is 2.05 bits per heavy atom. The topological polar surface area (TPSA) is 55.4 Å². The first-order valence-corrected chi connectivity index (χ1v) is 6.90. The zero-order chi connectivity index (χ0) is 15.7. The second kappa shape index (κ2) is 5.60. The van der Waals surface area contributed by atoms with Crippen LogP contribution in [-0.2, 0) is 9.53 Å². The maximum Gasteiger partial charge on any atom is 0.339 e. The molecule has 0 saturated carbocycles. The van der Waals surface area contributed by atoms with Gasteiger partial charge in [-0.15, -0.1) is 0 Å². The van der Waals surface area contributed by atoms with Gasteiger partial charge in [-0.25, -0.2) is 9.18 Å². The molecule has 5 heteroatoms. The van der Waals surface area contributed by atoms with Crippen molar-refractivity contribution in [3.8, 4) is 0 Å². The van der Waals surface area contributed by atoms with Crippen LogP contribution in [0.1, 0.15) is 34.0 Å². The Hall–Kier alpha value is -2.69. The van der Waals surface area contributed by atoms with Crippen molar-refractivity contribution >= 4 is 17.6 Å². The van der Waals surface area contributed by atoms with Crippen molar-refractivity contribution in [2.75, 3.05) is 5.32 Å². The summed E-state index contributed by atoms with van der Waals surface area (Å²) < 4.78 is 18.5. The van der Waals surface area contributed by atoms with E-state index in [1.165, 1.54) is 12.1 Å². The molecule has 4 nitrogen and oxygen atoms in total. The molecule has 0 radical (unpaired) electrons. The van der Waals surface area contributed by atoms with Crippen LogP contribution in [0, 0.1) is 12.7 Å². The number of ether oxygens (including phenoxy) is 1. The number of benzene rings is 2. The number of halogens is 1. The van der Waals surface area contributed by atoms with Crippen molar-refractivity contribution < 1.29 is 18.7 Å². The molecule has 1 N–H and O–H groups in total. The summed E-state index contributed by atoms with van der Waals surface area (Å²) in [6.07, 6.45) is -0.601. The highest BCUT2D eigenvalue weighted by Crippen LogP contribution is 2.33. The predicted molar refractivity (Wildman–Crippen MR) is 79.0 cm³/mol. The number of fused-ring (bicyclic) bond motifs is 1. The smallest absolute Gasteiger partial charge is 0.339 e. The molecule has 0 aromatic heterocycles. The Morgan fingerprint density at radius 1 is 1.27 bits per heavy atom. The van der Waals surface area contributed by atoms with Crippen LogP contribution in [0.4, 0.5) is 10.1 Å². The van der Waals surface area contributed by atoms with Crippen molar-refractivity contribution in [1.82, 2.24) is 0 Å². The molecular formula is C17H14FNO3. The molecule has 0 fully saturated rings. The van der Waals surface area contributed by atoms with E-state index in [-0.39, 0.29) is 12.3 Å². The van der Waals surface area contributed by atoms with Crippen molar-refractivity contribution in [1.29, 1.82) is 0 Å². The van der Waals surface area contributed by atoms with E-state index in [0.29, 0.717) is 16.8 Å². The predicted octanol–water partition coefficient (Wildman–Crippen LogP) is 3.37. The third kappa shape index (κ3) is 2.70. The maximum atomic E-state index is 13.2. The quantitative estimate of drug-likeness (QED) is 0.884. The van der Waals surface area contributed by atoms with Gasteiger partial charge in [-0.2, -0.15) is 0 Å². The number of amides is 1. The molecule has 1 amide bonds. The Kier molecular flexibility index (Phi) is 3.63. The van der Waals surface area contributed by atoms with E-state index in [9.17, 15) is 14.0 Å². The van der Waals surface area contributed by atoms with Crippen LogP contribution < -0.4 is 5.32 Å². The lowest BCUT2D eigenvalue weighted by molar-refractivity contribution is -0.118. The van der Waals surface area contributed by atoms with E-state index in [1.54, 1.807) is 37.3 Å². The number of anilines is 1. The standard InChI is InChI=1S/C17H14FNO3/c1-10-6-7-11(18)8-14(10)19-16(20)9-15-12-4-2-3-5-13(12)17(21)22-15/h2-8,15H,9H2,1H3,(H,19,20). The minimum absolute atomic E-state index is 0.00128. The normalized spacial score (nSPS) is 16.1. The van der Waals surface area contributed by atoms with Crippen molar-refractivity contribution in [3.63, 3.8) is 0 Å². The zero-order valence-corrected chi connectivity index (χ0v) is 11.9. The molecule has 0 spiro atoms. The fourth-order valence-corrected chi connectivity index (χ4v) is 2.47. The lowest BCUT2D eigenvalue weighted by atomic mass is 10.0. The maximum absolute atomic E-state index is 13.2. The van der Waals surface area contributed by atoms with E-state index < -0.39 is 17.9 Å². The van der Waals surface area contributed by atoms with Crippen LogP contribution in [0.2, 0.25) is 0 Å². The Labute approximate surface area is 126 Å². The van der Waals surface area contributed by atoms with Gasteiger partial charge in [-0.05, 0) is 30.7 Å². The highest BCUT2D eigenvalue weighted by atomic mass is 19.1. The second-order valence-electron chi connectivity index (χ2n) is 5.19. The number of aryl methyl sites for hydroxylation is 1. The van der Waals surface area contributed by atoms with Gasteiger partial charge in [0.05, 0.1) is 12.0 Å². The van der Waals surface area contributed by atoms with Crippen LogP contribution in [0.5, 0.6) is 0 Å². The monoisotopic (exact) mass is 299 g/mol. The van der Waals surface area contributed by atoms with Gasteiger partial charge in [-0.3, -0.25) is 4.79 Å². The lowest BCUT2D eigenvalue weighted by Gasteiger charge is -2.12. The molecule has 1 heterocycles. The van der Waals surface area contributed by atoms with Crippen LogP contribution in [-0.4, -0.2) is 11.9 Å². The van der Waals surface area contributed by atoms with Crippen molar-refractivity contribution in [3.05, 3.63) is 65.0 Å². The number of rotatable bonds is 3. The molecule has 0 bridgehead atoms. The average molecular weight is 299 g/mol. The average Bonchev–Trinajstić information content (AvgIpc) is 2.80. The number of hydrogen-bond acceptors (Lipinski definition) is 3. The number of nitrogens with one attached hydrogen (secondary N) is 1. The first-order valence-electron chi connectivity index (χ1n) is 6.90. The van der Waals surface area contributed by atoms with Gasteiger partial charge in [0.2, 0.25) is 5.91 Å². The highest BCUT2D eigenvalue weighted by molar-refractivity contribution is 5.96. The number of carbonyl (C=O) groups excluding carboxylic acids is 2. The number of cyclic esters (lactones) is 1. The van der Waals surface area contributed by atoms with Gasteiger partial charge in [0.25, 0.3) is 0 Å². The van der Waals surface area contributed by atoms with Crippen LogP contribution in [0.15, 0.2) is 42.5 Å². The molecule has 112 valence electrons. The molecule has 3 rings (SSSR count). The first-order chi connectivity index (χ1) is 10.5. The van der Waals surface area contributed by atoms with Gasteiger partial charge >= 0.3 is 5.97 Å². The molecule has 1 unspecified atom stereocenters. The van der Waals surface area contributed by atoms with Gasteiger partial charge in [0, 0.05) is 11.3 Å². The fourth-order valence-electron chi connectivity index (χ4n) is 2.47. The number of esters is 1. The van der Waals surface area contributed by atoms with E-state index in [1.807, 2.05) is 0 Å². The first kappa shape index (κ1) is 14.3. The molecule has 1 atom stereocenters. The van der Waals surface area contributed by atoms with Crippen LogP contribution in [0.25, 0.3) is 0 Å². The summed E-state index contributed by atoms with van der Waals surface area (Å²) >= 11 is 0. The van der Waals surface area contributed by atoms with Crippen LogP contribution in [0.3, 0.4) is 0 Å². The van der Waals surface area contributed by atoms with Crippen molar-refractivity contribution in [2.24, 2.45) is 0 Å². The molecule has 1 aliphatic rings. The van der Waals surface area contributed by atoms with Gasteiger partial charge < -0.3 is 10.1 Å². The Balaban J connectivity index is 1.73. The summed E-state index contributed by atoms with van der Waals surface area (Å²) in [6.45, 7) is 1.78. The summed E-state index contributed by atoms with van der Waals surface area (Å²) in [5.74, 6) is -1.17. The highest BCUT2D eigenvalue weighted by Gasteiger charge is 2.32. The minimum atomic E-state index is -0.599. The SMILES string of the molecule is Cc1ccc(F)cc1NC(=O)CC1OC(=O)c2ccccc21. The number of carbonyl (C=O) groups is 2. The Morgan fingerprint density at radius 3 is 2.86 bits per heavy atom. The fraction of sp³-hybridized carbons (Fsp3) is 0.176. The van der Waals surface area contributed by atoms with E-state index in [2.05, 4.69) is 5.32 Å². The van der Waals surface area contributed by atoms with Gasteiger partial charge in [0.15, 0.2) is 0 Å². The summed E-state index contributed by atoms with van der Waals surface area (Å²) in [4.78, 5) is 23.8. The zero-order valence-electron chi connectivity index (χ0n) is 11.9. The molecule has 0 saturated heterocycles. The number of hydrogen-bond donors (Lipinski definition) is 1. The Bertz CT molecular complexity index is 757. The summed E-state index contributed by atoms with van der Waals surface area (Å²) in [5.41, 5.74) is 2.38. The minimum Gasteiger partial charge on any atom is -0.453 e. The van der Waals surface area contributed by atoms with E-state index in [0.717, 1.165) is 5.56 Å². The molecular weight excluding hydrogens is 285 g/mol. The molecule has 22 heavy (non-hydrogen) atoms. The van der Waals surface area contributed by atoms with E-state index in [4.69, 9.17) is 4.74 Å². The molecule has 1 aliphatic heterocycles. The molecule has 2 aromatic carbocycles. The van der Waals surface area contributed by atoms with E-state index >= 15 is 0 Å². The summed E-state index contributed by atoms with van der Waals surface area (Å²) in [6, 6.07) is 11.2. The van der Waals surface area contributed by atoms with Gasteiger partial charge in [0.1, 0.15) is 11.9 Å². The second-order valence-corrected chi connectivity index (χ2v) is 5.19. The van der Waals surface area contributed by atoms with Gasteiger partial charge in [-0.1, -0.05) is 24.3 Å². The molecule has 2 aromatic rings. The third-order valence-electron chi connectivity index (χ3n) is 3.62. The summed E-state index contributed by atoms with van der Waals surface area (Å²) in [7, 11) is 0. The third-order valence-corrected chi connectivity index (χ3v) is 3.62. The lowest BCUT2D eigenvalue weighted by Crippen LogP contribution is -2.16. The van der Waals surface area contributed by atoms with Crippen molar-refractivity contribution in [2.45, 2.75) is 19.4 Å². The summed E-state index contributed by atoms with van der Waals surface area (Å²) in [5, 5.41) is 2.65.